The Kier molecular flexibility index (Phi) is 4.04. The Morgan fingerprint density at radius 1 is 1.00 bits per heavy atom. The Morgan fingerprint density at radius 3 is 2.41 bits per heavy atom. The van der Waals surface area contributed by atoms with Crippen LogP contribution in [0.15, 0.2) is 53.0 Å². The van der Waals surface area contributed by atoms with Crippen molar-refractivity contribution < 1.29 is 9.47 Å². The second-order valence-electron chi connectivity index (χ2n) is 3.59. The average molecular weight is 293 g/mol. The van der Waals surface area contributed by atoms with E-state index in [-0.39, 0.29) is 0 Å². The summed E-state index contributed by atoms with van der Waals surface area (Å²) in [7, 11) is 1.66. The summed E-state index contributed by atoms with van der Waals surface area (Å²) in [6, 6.07) is 15.7. The summed E-state index contributed by atoms with van der Waals surface area (Å²) in [6.45, 7) is 0.556. The molecule has 2 rings (SSSR count). The molecule has 0 radical (unpaired) electrons. The van der Waals surface area contributed by atoms with Gasteiger partial charge in [-0.1, -0.05) is 34.1 Å². The Labute approximate surface area is 109 Å². The second-order valence-corrected chi connectivity index (χ2v) is 4.51. The van der Waals surface area contributed by atoms with E-state index >= 15 is 0 Å². The zero-order chi connectivity index (χ0) is 12.1. The van der Waals surface area contributed by atoms with Gasteiger partial charge in [-0.05, 0) is 35.9 Å². The molecule has 0 aromatic heterocycles. The highest BCUT2D eigenvalue weighted by atomic mass is 79.9. The van der Waals surface area contributed by atoms with Crippen LogP contribution in [0.5, 0.6) is 11.5 Å². The van der Waals surface area contributed by atoms with Gasteiger partial charge in [0.15, 0.2) is 0 Å². The molecule has 3 heteroatoms. The average Bonchev–Trinajstić information content (AvgIpc) is 2.37. The van der Waals surface area contributed by atoms with Crippen LogP contribution in [-0.2, 0) is 6.61 Å². The molecule has 0 aliphatic heterocycles. The van der Waals surface area contributed by atoms with Crippen LogP contribution in [0.4, 0.5) is 0 Å². The first-order valence-corrected chi connectivity index (χ1v) is 6.08. The molecular formula is C14H13BrO2. The topological polar surface area (TPSA) is 18.5 Å². The molecule has 0 saturated heterocycles. The third kappa shape index (κ3) is 3.49. The van der Waals surface area contributed by atoms with Crippen LogP contribution in [-0.4, -0.2) is 7.11 Å². The van der Waals surface area contributed by atoms with Crippen LogP contribution < -0.4 is 9.47 Å². The van der Waals surface area contributed by atoms with Crippen molar-refractivity contribution in [1.29, 1.82) is 0 Å². The number of hydrogen-bond donors (Lipinski definition) is 0. The summed E-state index contributed by atoms with van der Waals surface area (Å²) in [4.78, 5) is 0. The zero-order valence-corrected chi connectivity index (χ0v) is 11.1. The van der Waals surface area contributed by atoms with Gasteiger partial charge < -0.3 is 9.47 Å². The van der Waals surface area contributed by atoms with Gasteiger partial charge >= 0.3 is 0 Å². The second kappa shape index (κ2) is 5.73. The number of halogens is 1. The highest BCUT2D eigenvalue weighted by Crippen LogP contribution is 2.19. The van der Waals surface area contributed by atoms with E-state index in [1.807, 2.05) is 48.5 Å². The van der Waals surface area contributed by atoms with Crippen LogP contribution in [0, 0.1) is 0 Å². The maximum Gasteiger partial charge on any atom is 0.120 e. The summed E-state index contributed by atoms with van der Waals surface area (Å²) in [5.74, 6) is 1.71. The van der Waals surface area contributed by atoms with Crippen LogP contribution in [0.25, 0.3) is 0 Å². The molecule has 0 heterocycles. The molecule has 88 valence electrons. The molecular weight excluding hydrogens is 280 g/mol. The van der Waals surface area contributed by atoms with Gasteiger partial charge in [0.25, 0.3) is 0 Å². The Hall–Kier alpha value is -1.48. The Morgan fingerprint density at radius 2 is 1.76 bits per heavy atom. The first-order valence-electron chi connectivity index (χ1n) is 5.29. The quantitative estimate of drug-likeness (QED) is 0.847. The molecule has 17 heavy (non-hydrogen) atoms. The third-order valence-electron chi connectivity index (χ3n) is 2.36. The van der Waals surface area contributed by atoms with Gasteiger partial charge in [0.2, 0.25) is 0 Å². The summed E-state index contributed by atoms with van der Waals surface area (Å²) in [5.41, 5.74) is 1.12. The van der Waals surface area contributed by atoms with E-state index < -0.39 is 0 Å². The number of benzene rings is 2. The monoisotopic (exact) mass is 292 g/mol. The number of ether oxygens (including phenoxy) is 2. The van der Waals surface area contributed by atoms with Gasteiger partial charge in [-0.25, -0.2) is 0 Å². The standard InChI is InChI=1S/C14H13BrO2/c1-16-13-7-5-11(6-8-13)10-17-14-4-2-3-12(15)9-14/h2-9H,10H2,1H3. The van der Waals surface area contributed by atoms with Crippen molar-refractivity contribution in [3.8, 4) is 11.5 Å². The lowest BCUT2D eigenvalue weighted by Gasteiger charge is -2.07. The minimum absolute atomic E-state index is 0.556. The lowest BCUT2D eigenvalue weighted by Crippen LogP contribution is -1.95. The SMILES string of the molecule is COc1ccc(COc2cccc(Br)c2)cc1. The first-order chi connectivity index (χ1) is 8.28. The molecule has 0 aliphatic rings. The molecule has 0 aliphatic carbocycles. The summed E-state index contributed by atoms with van der Waals surface area (Å²) in [6.07, 6.45) is 0. The molecule has 2 nitrogen and oxygen atoms in total. The lowest BCUT2D eigenvalue weighted by molar-refractivity contribution is 0.306. The van der Waals surface area contributed by atoms with Gasteiger partial charge in [-0.15, -0.1) is 0 Å². The van der Waals surface area contributed by atoms with Crippen molar-refractivity contribution in [3.05, 3.63) is 58.6 Å². The fourth-order valence-electron chi connectivity index (χ4n) is 1.45. The number of hydrogen-bond acceptors (Lipinski definition) is 2. The van der Waals surface area contributed by atoms with Gasteiger partial charge in [0, 0.05) is 4.47 Å². The molecule has 0 unspecified atom stereocenters. The molecule has 0 N–H and O–H groups in total. The Bertz CT molecular complexity index is 480. The highest BCUT2D eigenvalue weighted by Gasteiger charge is 1.97. The van der Waals surface area contributed by atoms with E-state index in [9.17, 15) is 0 Å². The largest absolute Gasteiger partial charge is 0.497 e. The molecule has 0 bridgehead atoms. The van der Waals surface area contributed by atoms with E-state index in [0.29, 0.717) is 6.61 Å². The van der Waals surface area contributed by atoms with E-state index in [1.54, 1.807) is 7.11 Å². The Balaban J connectivity index is 1.97. The third-order valence-corrected chi connectivity index (χ3v) is 2.85. The van der Waals surface area contributed by atoms with Crippen molar-refractivity contribution in [2.24, 2.45) is 0 Å². The van der Waals surface area contributed by atoms with Gasteiger partial charge in [-0.2, -0.15) is 0 Å². The van der Waals surface area contributed by atoms with E-state index in [2.05, 4.69) is 15.9 Å². The first kappa shape index (κ1) is 12.0. The van der Waals surface area contributed by atoms with Crippen LogP contribution in [0.1, 0.15) is 5.56 Å². The predicted octanol–water partition coefficient (Wildman–Crippen LogP) is 4.04. The van der Waals surface area contributed by atoms with Crippen LogP contribution in [0.2, 0.25) is 0 Å². The highest BCUT2D eigenvalue weighted by molar-refractivity contribution is 9.10. The minimum atomic E-state index is 0.556. The minimum Gasteiger partial charge on any atom is -0.497 e. The number of rotatable bonds is 4. The molecule has 2 aromatic carbocycles. The molecule has 0 fully saturated rings. The smallest absolute Gasteiger partial charge is 0.120 e. The van der Waals surface area contributed by atoms with Crippen molar-refractivity contribution in [2.45, 2.75) is 6.61 Å². The van der Waals surface area contributed by atoms with Crippen molar-refractivity contribution in [3.63, 3.8) is 0 Å². The van der Waals surface area contributed by atoms with Gasteiger partial charge in [-0.3, -0.25) is 0 Å². The lowest BCUT2D eigenvalue weighted by atomic mass is 10.2. The molecule has 0 spiro atoms. The molecule has 0 atom stereocenters. The zero-order valence-electron chi connectivity index (χ0n) is 9.52. The van der Waals surface area contributed by atoms with Crippen molar-refractivity contribution in [1.82, 2.24) is 0 Å². The van der Waals surface area contributed by atoms with Crippen LogP contribution in [0.3, 0.4) is 0 Å². The molecule has 2 aromatic rings. The van der Waals surface area contributed by atoms with E-state index in [4.69, 9.17) is 9.47 Å². The van der Waals surface area contributed by atoms with Crippen molar-refractivity contribution in [2.75, 3.05) is 7.11 Å². The maximum atomic E-state index is 5.68. The summed E-state index contributed by atoms with van der Waals surface area (Å²) < 4.78 is 11.8. The van der Waals surface area contributed by atoms with Crippen molar-refractivity contribution >= 4 is 15.9 Å². The molecule has 0 amide bonds. The summed E-state index contributed by atoms with van der Waals surface area (Å²) in [5, 5.41) is 0. The predicted molar refractivity (Wildman–Crippen MR) is 71.5 cm³/mol. The summed E-state index contributed by atoms with van der Waals surface area (Å²) >= 11 is 3.41. The fourth-order valence-corrected chi connectivity index (χ4v) is 1.82. The molecule has 0 saturated carbocycles. The van der Waals surface area contributed by atoms with E-state index in [0.717, 1.165) is 21.5 Å². The van der Waals surface area contributed by atoms with E-state index in [1.165, 1.54) is 0 Å². The maximum absolute atomic E-state index is 5.68. The normalized spacial score (nSPS) is 10.0. The van der Waals surface area contributed by atoms with Gasteiger partial charge in [0.05, 0.1) is 7.11 Å². The van der Waals surface area contributed by atoms with Gasteiger partial charge in [0.1, 0.15) is 18.1 Å². The van der Waals surface area contributed by atoms with Crippen LogP contribution >= 0.6 is 15.9 Å². The number of methoxy groups -OCH3 is 1. The fraction of sp³-hybridized carbons (Fsp3) is 0.143.